The Balaban J connectivity index is 1.85. The molecule has 1 heterocycles. The van der Waals surface area contributed by atoms with Gasteiger partial charge in [0.05, 0.1) is 34.4 Å². The van der Waals surface area contributed by atoms with Crippen molar-refractivity contribution in [3.05, 3.63) is 58.1 Å². The number of nitrogens with zero attached hydrogens (tertiary/aromatic N) is 1. The van der Waals surface area contributed by atoms with E-state index in [4.69, 9.17) is 27.9 Å². The second-order valence-corrected chi connectivity index (χ2v) is 11.1. The van der Waals surface area contributed by atoms with Crippen LogP contribution in [0.1, 0.15) is 44.6 Å². The molecule has 0 unspecified atom stereocenters. The number of carbonyl (C=O) groups is 2. The third-order valence-corrected chi connectivity index (χ3v) is 8.79. The van der Waals surface area contributed by atoms with Gasteiger partial charge in [0.25, 0.3) is 0 Å². The molecule has 0 radical (unpaired) electrons. The summed E-state index contributed by atoms with van der Waals surface area (Å²) >= 11 is 13.0. The molecule has 0 aromatic heterocycles. The number of anilines is 2. The molecule has 172 valence electrons. The molecule has 4 nitrogen and oxygen atoms in total. The number of hydrogen-bond donors (Lipinski definition) is 0. The third kappa shape index (κ3) is 6.83. The first-order valence-corrected chi connectivity index (χ1v) is 13.9. The van der Waals surface area contributed by atoms with Gasteiger partial charge < -0.3 is 4.74 Å². The van der Waals surface area contributed by atoms with Crippen LogP contribution in [0.25, 0.3) is 0 Å². The van der Waals surface area contributed by atoms with Crippen LogP contribution in [-0.2, 0) is 20.7 Å². The number of rotatable bonds is 10. The second kappa shape index (κ2) is 12.8. The summed E-state index contributed by atoms with van der Waals surface area (Å²) in [6.07, 6.45) is 4.59. The van der Waals surface area contributed by atoms with Crippen molar-refractivity contribution in [2.45, 2.75) is 50.7 Å². The van der Waals surface area contributed by atoms with Crippen molar-refractivity contribution in [2.24, 2.45) is 0 Å². The van der Waals surface area contributed by atoms with Crippen molar-refractivity contribution < 1.29 is 14.3 Å². The predicted molar refractivity (Wildman–Crippen MR) is 137 cm³/mol. The average Bonchev–Trinajstić information content (AvgIpc) is 3.28. The van der Waals surface area contributed by atoms with Crippen molar-refractivity contribution >= 4 is 68.0 Å². The van der Waals surface area contributed by atoms with Crippen LogP contribution in [0.4, 0.5) is 11.4 Å². The van der Waals surface area contributed by atoms with E-state index < -0.39 is 0 Å². The number of amides is 1. The number of unbranched alkanes of at least 4 members (excludes halogenated alkanes) is 1. The fourth-order valence-electron chi connectivity index (χ4n) is 3.65. The Morgan fingerprint density at radius 1 is 1.09 bits per heavy atom. The summed E-state index contributed by atoms with van der Waals surface area (Å²) in [5.41, 5.74) is 1.73. The van der Waals surface area contributed by atoms with Crippen molar-refractivity contribution in [1.29, 1.82) is 0 Å². The van der Waals surface area contributed by atoms with Gasteiger partial charge in [0.1, 0.15) is 0 Å². The van der Waals surface area contributed by atoms with E-state index >= 15 is 0 Å². The summed E-state index contributed by atoms with van der Waals surface area (Å²) in [7, 11) is 3.89. The number of ether oxygens (including phenoxy) is 1. The first-order valence-electron chi connectivity index (χ1n) is 10.8. The maximum absolute atomic E-state index is 13.5. The minimum atomic E-state index is -0.343. The lowest BCUT2D eigenvalue weighted by Gasteiger charge is -2.27. The van der Waals surface area contributed by atoms with Gasteiger partial charge in [-0.3, -0.25) is 14.5 Å². The lowest BCUT2D eigenvalue weighted by atomic mass is 10.1. The highest BCUT2D eigenvalue weighted by Gasteiger charge is 2.26. The van der Waals surface area contributed by atoms with E-state index in [1.54, 1.807) is 30.0 Å². The molecule has 1 aliphatic heterocycles. The molecule has 1 saturated heterocycles. The van der Waals surface area contributed by atoms with E-state index in [0.717, 1.165) is 19.3 Å². The summed E-state index contributed by atoms with van der Waals surface area (Å²) in [5, 5.41) is 1.46. The van der Waals surface area contributed by atoms with E-state index in [9.17, 15) is 9.59 Å². The van der Waals surface area contributed by atoms with Crippen LogP contribution in [0.5, 0.6) is 0 Å². The van der Waals surface area contributed by atoms with Gasteiger partial charge in [-0.25, -0.2) is 0 Å². The Morgan fingerprint density at radius 2 is 1.84 bits per heavy atom. The minimum absolute atomic E-state index is 0.0619. The Bertz CT molecular complexity index is 915. The van der Waals surface area contributed by atoms with E-state index in [1.807, 2.05) is 45.9 Å². The number of halogens is 2. The van der Waals surface area contributed by atoms with Crippen LogP contribution in [0.3, 0.4) is 0 Å². The summed E-state index contributed by atoms with van der Waals surface area (Å²) in [6, 6.07) is 12.5. The van der Waals surface area contributed by atoms with Crippen molar-refractivity contribution in [1.82, 2.24) is 0 Å². The fourth-order valence-corrected chi connectivity index (χ4v) is 7.25. The van der Waals surface area contributed by atoms with Crippen LogP contribution in [0.2, 0.25) is 10.0 Å². The zero-order valence-electron chi connectivity index (χ0n) is 18.0. The maximum Gasteiger partial charge on any atom is 0.310 e. The summed E-state index contributed by atoms with van der Waals surface area (Å²) in [6.45, 7) is 2.07. The Morgan fingerprint density at radius 3 is 2.53 bits per heavy atom. The number of carbonyl (C=O) groups excluding carboxylic acids is 2. The highest BCUT2D eigenvalue weighted by molar-refractivity contribution is 8.77. The standard InChI is InChI=1S/C24H27Cl2NO3S2/c1-2-30-23(29)16-17-8-3-5-12-21(17)27(24-19(25)10-7-11-20(24)26)22(28)13-6-4-9-18-14-15-31-32-18/h3,5,7-8,10-12,18H,2,4,6,9,13-16H2,1H3/t18-/m0/s1. The third-order valence-electron chi connectivity index (χ3n) is 5.18. The van der Waals surface area contributed by atoms with Gasteiger partial charge in [-0.15, -0.1) is 0 Å². The van der Waals surface area contributed by atoms with Crippen LogP contribution in [0, 0.1) is 0 Å². The van der Waals surface area contributed by atoms with Crippen molar-refractivity contribution in [2.75, 3.05) is 17.3 Å². The van der Waals surface area contributed by atoms with E-state index in [1.165, 1.54) is 12.2 Å². The fraction of sp³-hybridized carbons (Fsp3) is 0.417. The van der Waals surface area contributed by atoms with Crippen molar-refractivity contribution in [3.63, 3.8) is 0 Å². The molecule has 0 saturated carbocycles. The Kier molecular flexibility index (Phi) is 10.1. The van der Waals surface area contributed by atoms with Crippen LogP contribution in [0.15, 0.2) is 42.5 Å². The van der Waals surface area contributed by atoms with Crippen LogP contribution in [-0.4, -0.2) is 29.5 Å². The first-order chi connectivity index (χ1) is 15.5. The number of esters is 1. The van der Waals surface area contributed by atoms with E-state index in [2.05, 4.69) is 0 Å². The van der Waals surface area contributed by atoms with Gasteiger partial charge in [-0.1, -0.05) is 75.5 Å². The van der Waals surface area contributed by atoms with Crippen LogP contribution < -0.4 is 4.90 Å². The topological polar surface area (TPSA) is 46.6 Å². The first kappa shape index (κ1) is 25.3. The molecule has 0 aliphatic carbocycles. The quantitative estimate of drug-likeness (QED) is 0.188. The van der Waals surface area contributed by atoms with Gasteiger partial charge in [-0.2, -0.15) is 0 Å². The molecule has 8 heteroatoms. The minimum Gasteiger partial charge on any atom is -0.466 e. The van der Waals surface area contributed by atoms with Crippen LogP contribution >= 0.6 is 44.8 Å². The molecule has 2 aromatic rings. The highest BCUT2D eigenvalue weighted by atomic mass is 35.5. The second-order valence-electron chi connectivity index (χ2n) is 7.48. The summed E-state index contributed by atoms with van der Waals surface area (Å²) in [5.74, 6) is 0.777. The predicted octanol–water partition coefficient (Wildman–Crippen LogP) is 7.48. The van der Waals surface area contributed by atoms with E-state index in [0.29, 0.717) is 45.3 Å². The zero-order chi connectivity index (χ0) is 22.9. The number of para-hydroxylation sites is 2. The molecule has 0 spiro atoms. The van der Waals surface area contributed by atoms with Gasteiger partial charge in [0.2, 0.25) is 5.91 Å². The molecular formula is C24H27Cl2NO3S2. The van der Waals surface area contributed by atoms with Gasteiger partial charge in [-0.05, 0) is 49.9 Å². The Labute approximate surface area is 207 Å². The average molecular weight is 513 g/mol. The summed E-state index contributed by atoms with van der Waals surface area (Å²) in [4.78, 5) is 27.2. The largest absolute Gasteiger partial charge is 0.466 e. The monoisotopic (exact) mass is 511 g/mol. The molecule has 0 N–H and O–H groups in total. The van der Waals surface area contributed by atoms with E-state index in [-0.39, 0.29) is 18.3 Å². The molecule has 2 aromatic carbocycles. The van der Waals surface area contributed by atoms with Gasteiger partial charge >= 0.3 is 5.97 Å². The molecule has 1 fully saturated rings. The lowest BCUT2D eigenvalue weighted by molar-refractivity contribution is -0.142. The molecular weight excluding hydrogens is 485 g/mol. The molecule has 3 rings (SSSR count). The SMILES string of the molecule is CCOC(=O)Cc1ccccc1N(C(=O)CCCC[C@H]1CCSS1)c1c(Cl)cccc1Cl. The smallest absolute Gasteiger partial charge is 0.310 e. The highest BCUT2D eigenvalue weighted by Crippen LogP contribution is 2.41. The summed E-state index contributed by atoms with van der Waals surface area (Å²) < 4.78 is 5.12. The Hall–Kier alpha value is -1.34. The number of hydrogen-bond acceptors (Lipinski definition) is 5. The molecule has 0 bridgehead atoms. The number of benzene rings is 2. The molecule has 1 amide bonds. The zero-order valence-corrected chi connectivity index (χ0v) is 21.2. The van der Waals surface area contributed by atoms with Gasteiger partial charge in [0.15, 0.2) is 0 Å². The maximum atomic E-state index is 13.5. The molecule has 32 heavy (non-hydrogen) atoms. The van der Waals surface area contributed by atoms with Gasteiger partial charge in [0, 0.05) is 17.4 Å². The molecule has 1 aliphatic rings. The normalized spacial score (nSPS) is 15.5. The molecule has 1 atom stereocenters. The van der Waals surface area contributed by atoms with Crippen molar-refractivity contribution in [3.8, 4) is 0 Å². The lowest BCUT2D eigenvalue weighted by Crippen LogP contribution is -2.28.